The van der Waals surface area contributed by atoms with E-state index >= 15 is 0 Å². The van der Waals surface area contributed by atoms with Gasteiger partial charge in [-0.05, 0) is 32.0 Å². The molecule has 0 aliphatic carbocycles. The lowest BCUT2D eigenvalue weighted by atomic mass is 10.0. The second-order valence-electron chi connectivity index (χ2n) is 7.71. The number of hydrogen-bond acceptors (Lipinski definition) is 5. The van der Waals surface area contributed by atoms with Crippen LogP contribution in [0.3, 0.4) is 0 Å². The predicted molar refractivity (Wildman–Crippen MR) is 103 cm³/mol. The lowest BCUT2D eigenvalue weighted by molar-refractivity contribution is 0.0782. The van der Waals surface area contributed by atoms with Gasteiger partial charge in [0.05, 0.1) is 11.0 Å². The van der Waals surface area contributed by atoms with E-state index in [1.807, 2.05) is 43.0 Å². The van der Waals surface area contributed by atoms with Crippen LogP contribution in [0.1, 0.15) is 21.9 Å². The van der Waals surface area contributed by atoms with Gasteiger partial charge in [-0.15, -0.1) is 0 Å². The molecule has 2 aromatic heterocycles. The number of amides is 1. The van der Waals surface area contributed by atoms with Crippen molar-refractivity contribution >= 4 is 22.8 Å². The van der Waals surface area contributed by atoms with Crippen LogP contribution >= 0.6 is 0 Å². The maximum Gasteiger partial charge on any atom is 0.253 e. The molecule has 7 heteroatoms. The van der Waals surface area contributed by atoms with Crippen molar-refractivity contribution in [3.8, 4) is 0 Å². The lowest BCUT2D eigenvalue weighted by Crippen LogP contribution is -2.33. The van der Waals surface area contributed by atoms with Gasteiger partial charge in [0.1, 0.15) is 18.0 Å². The number of nitrogens with zero attached hydrogens (tertiary/aromatic N) is 5. The van der Waals surface area contributed by atoms with Crippen molar-refractivity contribution in [3.05, 3.63) is 47.7 Å². The number of carbonyl (C=O) groups is 1. The molecule has 7 nitrogen and oxygen atoms in total. The Labute approximate surface area is 157 Å². The molecule has 3 aromatic rings. The molecule has 27 heavy (non-hydrogen) atoms. The van der Waals surface area contributed by atoms with E-state index in [-0.39, 0.29) is 5.91 Å². The molecular weight excluding hydrogens is 340 g/mol. The summed E-state index contributed by atoms with van der Waals surface area (Å²) in [6.45, 7) is 7.43. The molecule has 2 aliphatic rings. The Balaban J connectivity index is 1.29. The summed E-state index contributed by atoms with van der Waals surface area (Å²) < 4.78 is 0. The molecule has 4 heterocycles. The predicted octanol–water partition coefficient (Wildman–Crippen LogP) is 2.18. The number of aryl methyl sites for hydroxylation is 2. The number of imidazole rings is 1. The van der Waals surface area contributed by atoms with Gasteiger partial charge in [0, 0.05) is 55.3 Å². The zero-order chi connectivity index (χ0) is 18.5. The quantitative estimate of drug-likeness (QED) is 0.756. The van der Waals surface area contributed by atoms with Gasteiger partial charge in [-0.1, -0.05) is 0 Å². The number of anilines is 1. The van der Waals surface area contributed by atoms with Crippen molar-refractivity contribution in [2.45, 2.75) is 13.8 Å². The van der Waals surface area contributed by atoms with Crippen LogP contribution in [0.25, 0.3) is 11.0 Å². The molecule has 5 rings (SSSR count). The van der Waals surface area contributed by atoms with E-state index in [1.54, 1.807) is 6.33 Å². The molecule has 2 saturated heterocycles. The molecule has 2 unspecified atom stereocenters. The Morgan fingerprint density at radius 2 is 1.85 bits per heavy atom. The molecule has 1 aromatic carbocycles. The number of nitrogens with one attached hydrogen (secondary N) is 1. The summed E-state index contributed by atoms with van der Waals surface area (Å²) in [5, 5.41) is 0. The number of carbonyl (C=O) groups excluding carboxylic acids is 1. The highest BCUT2D eigenvalue weighted by atomic mass is 16.2. The molecule has 2 atom stereocenters. The van der Waals surface area contributed by atoms with Crippen LogP contribution in [0.4, 0.5) is 5.82 Å². The average Bonchev–Trinajstić information content (AvgIpc) is 3.31. The molecule has 138 valence electrons. The van der Waals surface area contributed by atoms with Crippen LogP contribution in [0.2, 0.25) is 0 Å². The molecule has 0 radical (unpaired) electrons. The molecule has 0 spiro atoms. The molecule has 0 bridgehead atoms. The zero-order valence-corrected chi connectivity index (χ0v) is 15.5. The third-order valence-electron chi connectivity index (χ3n) is 5.73. The Kier molecular flexibility index (Phi) is 3.63. The molecule has 0 saturated carbocycles. The first kappa shape index (κ1) is 16.2. The molecule has 1 N–H and O–H groups in total. The maximum atomic E-state index is 13.0. The number of likely N-dealkylation sites (tertiary alicyclic amines) is 1. The SMILES string of the molecule is Cc1cc(N2CC3CN(C(=O)c4ccc5nc(C)[nH]c5c4)CC3C2)ncn1. The summed E-state index contributed by atoms with van der Waals surface area (Å²) in [7, 11) is 0. The van der Waals surface area contributed by atoms with Gasteiger partial charge < -0.3 is 14.8 Å². The van der Waals surface area contributed by atoms with Crippen molar-refractivity contribution in [2.24, 2.45) is 11.8 Å². The molecule has 2 aliphatic heterocycles. The smallest absolute Gasteiger partial charge is 0.253 e. The normalized spacial score (nSPS) is 21.9. The summed E-state index contributed by atoms with van der Waals surface area (Å²) in [6.07, 6.45) is 1.63. The fourth-order valence-corrected chi connectivity index (χ4v) is 4.41. The van der Waals surface area contributed by atoms with Crippen LogP contribution in [0.15, 0.2) is 30.6 Å². The van der Waals surface area contributed by atoms with Gasteiger partial charge in [-0.3, -0.25) is 4.79 Å². The van der Waals surface area contributed by atoms with Crippen LogP contribution in [0.5, 0.6) is 0 Å². The number of H-pyrrole nitrogens is 1. The third kappa shape index (κ3) is 2.83. The van der Waals surface area contributed by atoms with Gasteiger partial charge in [0.15, 0.2) is 0 Å². The van der Waals surface area contributed by atoms with E-state index in [0.717, 1.165) is 60.1 Å². The van der Waals surface area contributed by atoms with Crippen molar-refractivity contribution in [1.82, 2.24) is 24.8 Å². The zero-order valence-electron chi connectivity index (χ0n) is 15.5. The summed E-state index contributed by atoms with van der Waals surface area (Å²) >= 11 is 0. The maximum absolute atomic E-state index is 13.0. The first-order chi connectivity index (χ1) is 13.1. The fourth-order valence-electron chi connectivity index (χ4n) is 4.41. The van der Waals surface area contributed by atoms with E-state index in [0.29, 0.717) is 11.8 Å². The van der Waals surface area contributed by atoms with Crippen LogP contribution in [-0.4, -0.2) is 56.9 Å². The van der Waals surface area contributed by atoms with Gasteiger partial charge in [0.25, 0.3) is 5.91 Å². The van der Waals surface area contributed by atoms with E-state index in [2.05, 4.69) is 24.8 Å². The van der Waals surface area contributed by atoms with E-state index in [4.69, 9.17) is 0 Å². The van der Waals surface area contributed by atoms with Crippen molar-refractivity contribution in [1.29, 1.82) is 0 Å². The first-order valence-electron chi connectivity index (χ1n) is 9.36. The number of aromatic amines is 1. The first-order valence-corrected chi connectivity index (χ1v) is 9.36. The highest BCUT2D eigenvalue weighted by molar-refractivity contribution is 5.97. The van der Waals surface area contributed by atoms with Crippen LogP contribution < -0.4 is 4.90 Å². The van der Waals surface area contributed by atoms with Gasteiger partial charge in [-0.25, -0.2) is 15.0 Å². The van der Waals surface area contributed by atoms with Gasteiger partial charge >= 0.3 is 0 Å². The van der Waals surface area contributed by atoms with Crippen molar-refractivity contribution in [2.75, 3.05) is 31.1 Å². The Hall–Kier alpha value is -2.96. The average molecular weight is 362 g/mol. The molecule has 1 amide bonds. The van der Waals surface area contributed by atoms with Crippen molar-refractivity contribution < 1.29 is 4.79 Å². The number of rotatable bonds is 2. The van der Waals surface area contributed by atoms with Crippen LogP contribution in [0, 0.1) is 25.7 Å². The Morgan fingerprint density at radius 1 is 1.07 bits per heavy atom. The minimum absolute atomic E-state index is 0.114. The molecule has 2 fully saturated rings. The summed E-state index contributed by atoms with van der Waals surface area (Å²) in [5.41, 5.74) is 3.54. The summed E-state index contributed by atoms with van der Waals surface area (Å²) in [4.78, 5) is 33.5. The molecular formula is C20H22N6O. The number of aromatic nitrogens is 4. The topological polar surface area (TPSA) is 78.0 Å². The fraction of sp³-hybridized carbons (Fsp3) is 0.400. The van der Waals surface area contributed by atoms with Crippen molar-refractivity contribution in [3.63, 3.8) is 0 Å². The number of hydrogen-bond donors (Lipinski definition) is 1. The van der Waals surface area contributed by atoms with E-state index in [9.17, 15) is 4.79 Å². The summed E-state index contributed by atoms with van der Waals surface area (Å²) in [6, 6.07) is 7.75. The summed E-state index contributed by atoms with van der Waals surface area (Å²) in [5.74, 6) is 2.98. The van der Waals surface area contributed by atoms with Crippen LogP contribution in [-0.2, 0) is 0 Å². The third-order valence-corrected chi connectivity index (χ3v) is 5.73. The number of benzene rings is 1. The Bertz CT molecular complexity index is 1010. The van der Waals surface area contributed by atoms with Gasteiger partial charge in [0.2, 0.25) is 0 Å². The standard InChI is InChI=1S/C20H22N6O/c1-12-5-19(22-11-21-12)25-7-15-9-26(10-16(15)8-25)20(27)14-3-4-17-18(6-14)24-13(2)23-17/h3-6,11,15-16H,7-10H2,1-2H3,(H,23,24). The number of fused-ring (bicyclic) bond motifs is 2. The second-order valence-corrected chi connectivity index (χ2v) is 7.71. The largest absolute Gasteiger partial charge is 0.356 e. The van der Waals surface area contributed by atoms with E-state index in [1.165, 1.54) is 0 Å². The lowest BCUT2D eigenvalue weighted by Gasteiger charge is -2.22. The highest BCUT2D eigenvalue weighted by Gasteiger charge is 2.42. The minimum Gasteiger partial charge on any atom is -0.356 e. The van der Waals surface area contributed by atoms with E-state index < -0.39 is 0 Å². The Morgan fingerprint density at radius 3 is 2.59 bits per heavy atom. The van der Waals surface area contributed by atoms with Gasteiger partial charge in [-0.2, -0.15) is 0 Å². The highest BCUT2D eigenvalue weighted by Crippen LogP contribution is 2.34. The minimum atomic E-state index is 0.114. The monoisotopic (exact) mass is 362 g/mol. The second kappa shape index (κ2) is 6.04.